The fourth-order valence-corrected chi connectivity index (χ4v) is 1.19. The van der Waals surface area contributed by atoms with E-state index in [1.54, 1.807) is 6.92 Å². The van der Waals surface area contributed by atoms with Crippen molar-refractivity contribution < 1.29 is 18.7 Å². The lowest BCUT2D eigenvalue weighted by Gasteiger charge is -2.10. The molecule has 0 saturated heterocycles. The van der Waals surface area contributed by atoms with Crippen LogP contribution in [0.25, 0.3) is 0 Å². The fourth-order valence-electron chi connectivity index (χ4n) is 1.19. The average molecular weight is 242 g/mol. The average Bonchev–Trinajstić information content (AvgIpc) is 2.75. The van der Waals surface area contributed by atoms with Gasteiger partial charge in [0.2, 0.25) is 0 Å². The second-order valence-electron chi connectivity index (χ2n) is 3.46. The minimum atomic E-state index is -0.484. The number of carbonyl (C=O) groups is 1. The maximum atomic E-state index is 11.3. The summed E-state index contributed by atoms with van der Waals surface area (Å²) in [5.74, 6) is -0.484. The molecule has 1 aromatic heterocycles. The molecular weight excluding hydrogens is 224 g/mol. The van der Waals surface area contributed by atoms with Gasteiger partial charge in [0.1, 0.15) is 6.26 Å². The lowest BCUT2D eigenvalue weighted by atomic mass is 10.4. The molecule has 1 N–H and O–H groups in total. The first-order valence-electron chi connectivity index (χ1n) is 5.64. The first kappa shape index (κ1) is 13.5. The first-order valence-corrected chi connectivity index (χ1v) is 5.64. The Morgan fingerprint density at radius 2 is 2.29 bits per heavy atom. The monoisotopic (exact) mass is 242 g/mol. The molecule has 1 atom stereocenters. The second-order valence-corrected chi connectivity index (χ2v) is 3.46. The zero-order valence-electron chi connectivity index (χ0n) is 10.4. The summed E-state index contributed by atoms with van der Waals surface area (Å²) in [6, 6.07) is 0.351. The van der Waals surface area contributed by atoms with Gasteiger partial charge in [0, 0.05) is 6.61 Å². The van der Waals surface area contributed by atoms with Crippen molar-refractivity contribution in [2.45, 2.75) is 26.8 Å². The number of ether oxygens (including phenoxy) is 2. The third kappa shape index (κ3) is 4.44. The van der Waals surface area contributed by atoms with E-state index in [2.05, 4.69) is 10.3 Å². The minimum Gasteiger partial charge on any atom is -0.461 e. The first-order chi connectivity index (χ1) is 8.17. The van der Waals surface area contributed by atoms with Gasteiger partial charge in [-0.1, -0.05) is 0 Å². The van der Waals surface area contributed by atoms with E-state index in [0.717, 1.165) is 0 Å². The van der Waals surface area contributed by atoms with Crippen LogP contribution in [0.15, 0.2) is 10.7 Å². The normalized spacial score (nSPS) is 12.2. The molecule has 0 aromatic carbocycles. The number of esters is 1. The largest absolute Gasteiger partial charge is 0.461 e. The Morgan fingerprint density at radius 1 is 1.53 bits per heavy atom. The Kier molecular flexibility index (Phi) is 5.48. The molecule has 0 fully saturated rings. The van der Waals surface area contributed by atoms with E-state index in [9.17, 15) is 4.79 Å². The lowest BCUT2D eigenvalue weighted by Crippen LogP contribution is -2.21. The molecule has 1 aromatic rings. The molecule has 0 aliphatic rings. The number of hydrogen-bond acceptors (Lipinski definition) is 6. The number of rotatable bonds is 7. The van der Waals surface area contributed by atoms with Crippen molar-refractivity contribution in [2.24, 2.45) is 0 Å². The van der Waals surface area contributed by atoms with Gasteiger partial charge in [0.25, 0.3) is 6.01 Å². The number of anilines is 1. The summed E-state index contributed by atoms with van der Waals surface area (Å²) in [7, 11) is 0. The highest BCUT2D eigenvalue weighted by molar-refractivity contribution is 5.87. The maximum Gasteiger partial charge on any atom is 0.360 e. The van der Waals surface area contributed by atoms with Gasteiger partial charge in [0.15, 0.2) is 5.69 Å². The van der Waals surface area contributed by atoms with Crippen LogP contribution in [-0.4, -0.2) is 36.8 Å². The molecule has 1 unspecified atom stereocenters. The standard InChI is InChI=1S/C11H18N2O4/c1-4-15-6-8(3)12-11-13-9(7-17-11)10(14)16-5-2/h7-8H,4-6H2,1-3H3,(H,12,13). The van der Waals surface area contributed by atoms with Gasteiger partial charge in [-0.15, -0.1) is 0 Å². The number of oxazole rings is 1. The molecule has 0 aliphatic heterocycles. The van der Waals surface area contributed by atoms with Gasteiger partial charge in [-0.25, -0.2) is 4.79 Å². The molecule has 0 saturated carbocycles. The molecule has 0 radical (unpaired) electrons. The zero-order valence-corrected chi connectivity index (χ0v) is 10.4. The van der Waals surface area contributed by atoms with Crippen molar-refractivity contribution >= 4 is 12.0 Å². The number of nitrogens with zero attached hydrogens (tertiary/aromatic N) is 1. The summed E-state index contributed by atoms with van der Waals surface area (Å²) in [5.41, 5.74) is 0.165. The highest BCUT2D eigenvalue weighted by Gasteiger charge is 2.14. The maximum absolute atomic E-state index is 11.3. The smallest absolute Gasteiger partial charge is 0.360 e. The second kappa shape index (κ2) is 6.90. The van der Waals surface area contributed by atoms with Crippen LogP contribution in [0.4, 0.5) is 6.01 Å². The number of hydrogen-bond donors (Lipinski definition) is 1. The van der Waals surface area contributed by atoms with Crippen LogP contribution in [0.3, 0.4) is 0 Å². The highest BCUT2D eigenvalue weighted by Crippen LogP contribution is 2.10. The van der Waals surface area contributed by atoms with Crippen LogP contribution in [0.5, 0.6) is 0 Å². The number of nitrogens with one attached hydrogen (secondary N) is 1. The van der Waals surface area contributed by atoms with Crippen molar-refractivity contribution in [3.05, 3.63) is 12.0 Å². The van der Waals surface area contributed by atoms with Gasteiger partial charge >= 0.3 is 5.97 Å². The molecule has 0 amide bonds. The molecule has 0 spiro atoms. The topological polar surface area (TPSA) is 73.6 Å². The van der Waals surface area contributed by atoms with E-state index in [0.29, 0.717) is 25.8 Å². The quantitative estimate of drug-likeness (QED) is 0.733. The summed E-state index contributed by atoms with van der Waals surface area (Å²) in [6.45, 7) is 7.12. The predicted molar refractivity (Wildman–Crippen MR) is 62.0 cm³/mol. The van der Waals surface area contributed by atoms with E-state index in [4.69, 9.17) is 13.9 Å². The Hall–Kier alpha value is -1.56. The molecular formula is C11H18N2O4. The van der Waals surface area contributed by atoms with Crippen LogP contribution in [0.2, 0.25) is 0 Å². The van der Waals surface area contributed by atoms with Crippen molar-refractivity contribution in [3.63, 3.8) is 0 Å². The lowest BCUT2D eigenvalue weighted by molar-refractivity contribution is 0.0519. The van der Waals surface area contributed by atoms with Crippen LogP contribution >= 0.6 is 0 Å². The van der Waals surface area contributed by atoms with E-state index < -0.39 is 5.97 Å². The van der Waals surface area contributed by atoms with E-state index in [1.165, 1.54) is 6.26 Å². The van der Waals surface area contributed by atoms with Gasteiger partial charge < -0.3 is 19.2 Å². The van der Waals surface area contributed by atoms with Gasteiger partial charge in [-0.05, 0) is 20.8 Å². The van der Waals surface area contributed by atoms with Crippen LogP contribution in [0, 0.1) is 0 Å². The predicted octanol–water partition coefficient (Wildman–Crippen LogP) is 1.69. The van der Waals surface area contributed by atoms with E-state index in [1.807, 2.05) is 13.8 Å². The fraction of sp³-hybridized carbons (Fsp3) is 0.636. The molecule has 17 heavy (non-hydrogen) atoms. The SMILES string of the molecule is CCOCC(C)Nc1nc(C(=O)OCC)co1. The Bertz CT molecular complexity index is 351. The zero-order chi connectivity index (χ0) is 12.7. The summed E-state index contributed by atoms with van der Waals surface area (Å²) in [5, 5.41) is 2.98. The molecule has 1 rings (SSSR count). The van der Waals surface area contributed by atoms with Crippen LogP contribution in [0.1, 0.15) is 31.3 Å². The highest BCUT2D eigenvalue weighted by atomic mass is 16.5. The Morgan fingerprint density at radius 3 is 2.94 bits per heavy atom. The van der Waals surface area contributed by atoms with E-state index in [-0.39, 0.29) is 11.7 Å². The molecule has 6 heteroatoms. The van der Waals surface area contributed by atoms with Crippen molar-refractivity contribution in [1.82, 2.24) is 4.98 Å². The number of aromatic nitrogens is 1. The molecule has 1 heterocycles. The summed E-state index contributed by atoms with van der Waals surface area (Å²) in [4.78, 5) is 15.3. The van der Waals surface area contributed by atoms with E-state index >= 15 is 0 Å². The Labute approximate surface area is 100 Å². The molecule has 0 aliphatic carbocycles. The number of carbonyl (C=O) groups excluding carboxylic acids is 1. The molecule has 6 nitrogen and oxygen atoms in total. The molecule has 0 bridgehead atoms. The van der Waals surface area contributed by atoms with Crippen molar-refractivity contribution in [1.29, 1.82) is 0 Å². The van der Waals surface area contributed by atoms with Gasteiger partial charge in [-0.2, -0.15) is 4.98 Å². The molecule has 96 valence electrons. The van der Waals surface area contributed by atoms with Gasteiger partial charge in [-0.3, -0.25) is 0 Å². The third-order valence-electron chi connectivity index (χ3n) is 1.93. The van der Waals surface area contributed by atoms with Crippen LogP contribution < -0.4 is 5.32 Å². The summed E-state index contributed by atoms with van der Waals surface area (Å²) >= 11 is 0. The minimum absolute atomic E-state index is 0.0589. The Balaban J connectivity index is 2.47. The van der Waals surface area contributed by atoms with Crippen molar-refractivity contribution in [3.8, 4) is 0 Å². The van der Waals surface area contributed by atoms with Crippen molar-refractivity contribution in [2.75, 3.05) is 25.1 Å². The third-order valence-corrected chi connectivity index (χ3v) is 1.93. The van der Waals surface area contributed by atoms with Gasteiger partial charge in [0.05, 0.1) is 19.3 Å². The summed E-state index contributed by atoms with van der Waals surface area (Å²) < 4.78 is 15.1. The van der Waals surface area contributed by atoms with Crippen LogP contribution in [-0.2, 0) is 9.47 Å². The summed E-state index contributed by atoms with van der Waals surface area (Å²) in [6.07, 6.45) is 1.27.